The summed E-state index contributed by atoms with van der Waals surface area (Å²) < 4.78 is 23.1. The van der Waals surface area contributed by atoms with Gasteiger partial charge in [-0.05, 0) is 33.2 Å². The van der Waals surface area contributed by atoms with E-state index in [0.29, 0.717) is 68.2 Å². The molecule has 0 spiro atoms. The Bertz CT molecular complexity index is 1060. The molecule has 39 heavy (non-hydrogen) atoms. The summed E-state index contributed by atoms with van der Waals surface area (Å²) in [4.78, 5) is 8.64. The number of nitrogens with two attached hydrogens (primary N) is 1. The molecule has 1 aliphatic heterocycles. The van der Waals surface area contributed by atoms with Crippen LogP contribution in [-0.4, -0.2) is 55.2 Å². The molecule has 11 heteroatoms. The van der Waals surface area contributed by atoms with Crippen molar-refractivity contribution in [3.63, 3.8) is 0 Å². The van der Waals surface area contributed by atoms with Gasteiger partial charge in [-0.15, -0.1) is 12.6 Å². The Morgan fingerprint density at radius 3 is 1.90 bits per heavy atom. The van der Waals surface area contributed by atoms with E-state index in [9.17, 15) is 0 Å². The largest absolute Gasteiger partial charge is 0.413 e. The first-order valence-corrected chi connectivity index (χ1v) is 19.5. The normalized spacial score (nSPS) is 21.3. The highest BCUT2D eigenvalue weighted by Crippen LogP contribution is 2.47. The zero-order valence-corrected chi connectivity index (χ0v) is 29.1. The number of nitrogen functional groups attached to an aromatic ring is 1. The third-order valence-electron chi connectivity index (χ3n) is 9.22. The second-order valence-electron chi connectivity index (χ2n) is 13.2. The van der Waals surface area contributed by atoms with Gasteiger partial charge >= 0.3 is 0 Å². The summed E-state index contributed by atoms with van der Waals surface area (Å²) >= 11 is 4.58. The smallest absolute Gasteiger partial charge is 0.200 e. The minimum absolute atomic E-state index is 0.103. The Morgan fingerprint density at radius 1 is 0.897 bits per heavy atom. The Hall–Kier alpha value is -0.986. The highest BCUT2D eigenvalue weighted by Gasteiger charge is 2.52. The van der Waals surface area contributed by atoms with Crippen LogP contribution in [0.15, 0.2) is 11.4 Å². The van der Waals surface area contributed by atoms with Gasteiger partial charge in [0, 0.05) is 6.42 Å². The summed E-state index contributed by atoms with van der Waals surface area (Å²) in [5.74, 6) is 0.370. The van der Waals surface area contributed by atoms with Crippen LogP contribution in [0.4, 0.5) is 5.82 Å². The number of ether oxygens (including phenoxy) is 1. The van der Waals surface area contributed by atoms with Crippen molar-refractivity contribution in [3.05, 3.63) is 6.33 Å². The standard InChI is InChI=1S/C28H53N5O3SSi2/c1-16(2)38(17(3)4,18(5)6)34-14-23-22(36-39(19(7)8,20(9)10)21(11)12)13-24(35-23)33-27-25(28(37)32-33)26(29)30-15-31-27/h15-24H,13-14H2,1-12H3,(H,32,37)(H2,29,30,31)/t22-,23+,24+/m0/s1. The molecule has 3 heterocycles. The molecule has 2 aromatic heterocycles. The maximum Gasteiger partial charge on any atom is 0.200 e. The molecule has 1 fully saturated rings. The molecule has 0 bridgehead atoms. The number of fused-ring (bicyclic) bond motifs is 1. The monoisotopic (exact) mass is 595 g/mol. The molecule has 0 amide bonds. The van der Waals surface area contributed by atoms with E-state index in [0.717, 1.165) is 0 Å². The highest BCUT2D eigenvalue weighted by molar-refractivity contribution is 7.80. The van der Waals surface area contributed by atoms with E-state index in [4.69, 9.17) is 24.4 Å². The van der Waals surface area contributed by atoms with Crippen LogP contribution in [0.5, 0.6) is 0 Å². The Morgan fingerprint density at radius 2 is 1.41 bits per heavy atom. The Balaban J connectivity index is 2.03. The van der Waals surface area contributed by atoms with Crippen molar-refractivity contribution < 1.29 is 13.6 Å². The van der Waals surface area contributed by atoms with Crippen LogP contribution in [0.2, 0.25) is 33.2 Å². The summed E-state index contributed by atoms with van der Waals surface area (Å²) in [7, 11) is -4.27. The van der Waals surface area contributed by atoms with E-state index >= 15 is 0 Å². The van der Waals surface area contributed by atoms with Gasteiger partial charge in [-0.3, -0.25) is 0 Å². The maximum atomic E-state index is 7.37. The van der Waals surface area contributed by atoms with Gasteiger partial charge in [-0.1, -0.05) is 83.1 Å². The number of rotatable bonds is 12. The molecule has 2 aromatic rings. The van der Waals surface area contributed by atoms with Crippen molar-refractivity contribution in [3.8, 4) is 0 Å². The van der Waals surface area contributed by atoms with Crippen molar-refractivity contribution >= 4 is 46.1 Å². The molecule has 0 aliphatic carbocycles. The van der Waals surface area contributed by atoms with Gasteiger partial charge in [0.25, 0.3) is 0 Å². The van der Waals surface area contributed by atoms with Crippen LogP contribution in [0, 0.1) is 0 Å². The van der Waals surface area contributed by atoms with Gasteiger partial charge in [-0.25, -0.2) is 14.6 Å². The van der Waals surface area contributed by atoms with E-state index in [1.807, 2.05) is 4.68 Å². The molecule has 1 aliphatic rings. The predicted molar refractivity (Wildman–Crippen MR) is 168 cm³/mol. The minimum Gasteiger partial charge on any atom is -0.413 e. The fourth-order valence-corrected chi connectivity index (χ4v) is 19.1. The third-order valence-corrected chi connectivity index (χ3v) is 21.7. The van der Waals surface area contributed by atoms with Crippen LogP contribution < -0.4 is 5.73 Å². The molecule has 1 saturated heterocycles. The summed E-state index contributed by atoms with van der Waals surface area (Å²) in [6, 6.07) is 0. The fraction of sp³-hybridized carbons (Fsp3) is 0.821. The molecule has 0 saturated carbocycles. The molecule has 2 N–H and O–H groups in total. The molecule has 0 radical (unpaired) electrons. The van der Waals surface area contributed by atoms with Gasteiger partial charge in [0.15, 0.2) is 20.2 Å². The molecular weight excluding hydrogens is 543 g/mol. The minimum atomic E-state index is -2.18. The lowest BCUT2D eigenvalue weighted by atomic mass is 10.2. The van der Waals surface area contributed by atoms with Gasteiger partial charge in [0.05, 0.1) is 18.1 Å². The van der Waals surface area contributed by atoms with Crippen molar-refractivity contribution in [2.75, 3.05) is 12.3 Å². The highest BCUT2D eigenvalue weighted by atomic mass is 32.1. The zero-order chi connectivity index (χ0) is 29.4. The SMILES string of the molecule is CC(C)[Si](OC[C@H]1O[C@@H](n2nc(S)c3c(N)ncnc32)C[C@@H]1O[Si](C(C)C)(C(C)C)C(C)C)(C(C)C)C(C)C. The summed E-state index contributed by atoms with van der Waals surface area (Å²) in [6.07, 6.45) is 1.47. The number of aromatic nitrogens is 4. The average molecular weight is 596 g/mol. The lowest BCUT2D eigenvalue weighted by Crippen LogP contribution is -2.53. The molecule has 3 atom stereocenters. The second kappa shape index (κ2) is 12.5. The number of hydrogen-bond donors (Lipinski definition) is 2. The van der Waals surface area contributed by atoms with Gasteiger partial charge in [-0.2, -0.15) is 5.10 Å². The van der Waals surface area contributed by atoms with Crippen LogP contribution in [0.3, 0.4) is 0 Å². The number of hydrogen-bond acceptors (Lipinski definition) is 8. The second-order valence-corrected chi connectivity index (χ2v) is 24.5. The maximum absolute atomic E-state index is 7.37. The molecule has 8 nitrogen and oxygen atoms in total. The summed E-state index contributed by atoms with van der Waals surface area (Å²) in [5, 5.41) is 5.85. The molecule has 3 rings (SSSR count). The van der Waals surface area contributed by atoms with Crippen molar-refractivity contribution in [1.29, 1.82) is 0 Å². The van der Waals surface area contributed by atoms with Crippen LogP contribution in [-0.2, 0) is 13.6 Å². The van der Waals surface area contributed by atoms with Gasteiger partial charge < -0.3 is 19.3 Å². The van der Waals surface area contributed by atoms with Crippen molar-refractivity contribution in [1.82, 2.24) is 19.7 Å². The molecular formula is C28H53N5O3SSi2. The third kappa shape index (κ3) is 5.86. The number of nitrogens with zero attached hydrogens (tertiary/aromatic N) is 4. The summed E-state index contributed by atoms with van der Waals surface area (Å²) in [5.41, 5.74) is 9.67. The van der Waals surface area contributed by atoms with Crippen molar-refractivity contribution in [2.24, 2.45) is 0 Å². The Kier molecular flexibility index (Phi) is 10.4. The molecule has 0 aromatic carbocycles. The molecule has 222 valence electrons. The predicted octanol–water partition coefficient (Wildman–Crippen LogP) is 7.74. The lowest BCUT2D eigenvalue weighted by molar-refractivity contribution is -0.0438. The lowest BCUT2D eigenvalue weighted by Gasteiger charge is -2.45. The first kappa shape index (κ1) is 32.5. The van der Waals surface area contributed by atoms with Crippen LogP contribution in [0.1, 0.15) is 95.7 Å². The van der Waals surface area contributed by atoms with E-state index in [2.05, 4.69) is 106 Å². The topological polar surface area (TPSA) is 97.3 Å². The van der Waals surface area contributed by atoms with E-state index < -0.39 is 16.6 Å². The van der Waals surface area contributed by atoms with E-state index in [1.165, 1.54) is 6.33 Å². The molecule has 0 unspecified atom stereocenters. The van der Waals surface area contributed by atoms with Crippen LogP contribution >= 0.6 is 12.6 Å². The van der Waals surface area contributed by atoms with Gasteiger partial charge in [0.1, 0.15) is 23.3 Å². The quantitative estimate of drug-likeness (QED) is 0.191. The zero-order valence-electron chi connectivity index (χ0n) is 26.2. The number of anilines is 1. The van der Waals surface area contributed by atoms with Crippen molar-refractivity contribution in [2.45, 2.75) is 146 Å². The first-order valence-electron chi connectivity index (χ1n) is 14.8. The average Bonchev–Trinajstić information content (AvgIpc) is 3.37. The van der Waals surface area contributed by atoms with E-state index in [1.54, 1.807) is 0 Å². The van der Waals surface area contributed by atoms with Gasteiger partial charge in [0.2, 0.25) is 8.32 Å². The van der Waals surface area contributed by atoms with E-state index in [-0.39, 0.29) is 18.4 Å². The summed E-state index contributed by atoms with van der Waals surface area (Å²) in [6.45, 7) is 28.4. The Labute approximate surface area is 243 Å². The first-order chi connectivity index (χ1) is 18.1. The number of thiol groups is 1. The fourth-order valence-electron chi connectivity index (χ4n) is 7.70. The van der Waals surface area contributed by atoms with Crippen LogP contribution in [0.25, 0.3) is 11.0 Å².